The number of fused-ring (bicyclic) bond motifs is 2. The molecule has 2 aliphatic rings. The van der Waals surface area contributed by atoms with E-state index in [1.807, 2.05) is 54.6 Å². The summed E-state index contributed by atoms with van der Waals surface area (Å²) in [6.07, 6.45) is 2.35. The fourth-order valence-electron chi connectivity index (χ4n) is 6.60. The van der Waals surface area contributed by atoms with Crippen LogP contribution in [0.4, 0.5) is 0 Å². The van der Waals surface area contributed by atoms with Crippen molar-refractivity contribution in [2.24, 2.45) is 12.8 Å². The summed E-state index contributed by atoms with van der Waals surface area (Å²) < 4.78 is 1.70. The molecule has 0 bridgehead atoms. The first kappa shape index (κ1) is 30.7. The molecule has 11 heteroatoms. The van der Waals surface area contributed by atoms with Crippen molar-refractivity contribution in [2.45, 2.75) is 50.2 Å². The average molecular weight is 620 g/mol. The molecule has 0 spiro atoms. The van der Waals surface area contributed by atoms with Gasteiger partial charge in [0.05, 0.1) is 23.6 Å². The molecule has 236 valence electrons. The van der Waals surface area contributed by atoms with E-state index in [0.717, 1.165) is 18.4 Å². The minimum absolute atomic E-state index is 0.0754. The van der Waals surface area contributed by atoms with E-state index in [4.69, 9.17) is 11.1 Å². The predicted molar refractivity (Wildman–Crippen MR) is 173 cm³/mol. The molecule has 1 aromatic heterocycles. The molecule has 3 aromatic carbocycles. The number of carbonyl (C=O) groups excluding carboxylic acids is 4. The molecule has 0 saturated carbocycles. The number of nitrogen functional groups attached to an aromatic ring is 1. The zero-order chi connectivity index (χ0) is 32.4. The quantitative estimate of drug-likeness (QED) is 0.133. The Bertz CT molecular complexity index is 1820. The Balaban J connectivity index is 1.19. The number of hydrogen-bond acceptors (Lipinski definition) is 6. The van der Waals surface area contributed by atoms with Crippen LogP contribution in [0.25, 0.3) is 11.0 Å². The van der Waals surface area contributed by atoms with Gasteiger partial charge >= 0.3 is 0 Å². The Kier molecular flexibility index (Phi) is 8.65. The van der Waals surface area contributed by atoms with Gasteiger partial charge in [-0.2, -0.15) is 0 Å². The van der Waals surface area contributed by atoms with Crippen molar-refractivity contribution in [2.75, 3.05) is 13.1 Å². The Morgan fingerprint density at radius 3 is 2.50 bits per heavy atom. The van der Waals surface area contributed by atoms with Gasteiger partial charge in [0, 0.05) is 25.6 Å². The molecule has 2 aliphatic heterocycles. The number of ketones is 1. The molecule has 0 unspecified atom stereocenters. The van der Waals surface area contributed by atoms with Crippen molar-refractivity contribution in [3.63, 3.8) is 0 Å². The third kappa shape index (κ3) is 6.13. The summed E-state index contributed by atoms with van der Waals surface area (Å²) >= 11 is 0. The van der Waals surface area contributed by atoms with E-state index in [1.165, 1.54) is 10.5 Å². The Morgan fingerprint density at radius 1 is 1.00 bits per heavy atom. The zero-order valence-corrected chi connectivity index (χ0v) is 25.7. The summed E-state index contributed by atoms with van der Waals surface area (Å²) in [5.74, 6) is -1.20. The van der Waals surface area contributed by atoms with Gasteiger partial charge in [-0.1, -0.05) is 60.7 Å². The maximum atomic E-state index is 14.0. The van der Waals surface area contributed by atoms with Gasteiger partial charge in [-0.25, -0.2) is 4.98 Å². The second-order valence-electron chi connectivity index (χ2n) is 12.0. The van der Waals surface area contributed by atoms with Crippen LogP contribution in [0.15, 0.2) is 78.9 Å². The molecule has 3 heterocycles. The van der Waals surface area contributed by atoms with Crippen molar-refractivity contribution in [3.8, 4) is 0 Å². The molecule has 4 aromatic rings. The number of benzene rings is 3. The molecule has 0 radical (unpaired) electrons. The highest BCUT2D eigenvalue weighted by atomic mass is 16.2. The SMILES string of the molecule is Cn1c(C(=O)[C@H](Cc2cccc(C(=N)N)c2)NC(=O)[C@@H]2CC[C@H]3C(=O)N(CCCc4ccccc4)CC(=O)N23)nc2ccccc21. The molecule has 46 heavy (non-hydrogen) atoms. The summed E-state index contributed by atoms with van der Waals surface area (Å²) in [7, 11) is 1.75. The lowest BCUT2D eigenvalue weighted by atomic mass is 9.99. The number of aromatic nitrogens is 2. The first-order valence-corrected chi connectivity index (χ1v) is 15.5. The third-order valence-electron chi connectivity index (χ3n) is 8.95. The molecule has 3 atom stereocenters. The van der Waals surface area contributed by atoms with Gasteiger partial charge in [0.1, 0.15) is 17.9 Å². The van der Waals surface area contributed by atoms with Crippen LogP contribution in [0.1, 0.15) is 46.6 Å². The lowest BCUT2D eigenvalue weighted by molar-refractivity contribution is -0.157. The van der Waals surface area contributed by atoms with Gasteiger partial charge in [0.25, 0.3) is 0 Å². The Hall–Kier alpha value is -5.32. The van der Waals surface area contributed by atoms with Crippen LogP contribution in [0.2, 0.25) is 0 Å². The molecule has 0 aliphatic carbocycles. The van der Waals surface area contributed by atoms with Gasteiger partial charge < -0.3 is 25.4 Å². The lowest BCUT2D eigenvalue weighted by Crippen LogP contribution is -2.62. The second kappa shape index (κ2) is 13.0. The summed E-state index contributed by atoms with van der Waals surface area (Å²) in [5.41, 5.74) is 9.51. The van der Waals surface area contributed by atoms with E-state index >= 15 is 0 Å². The number of nitrogens with two attached hydrogens (primary N) is 1. The summed E-state index contributed by atoms with van der Waals surface area (Å²) in [4.78, 5) is 62.3. The molecule has 2 saturated heterocycles. The van der Waals surface area contributed by atoms with Gasteiger partial charge in [-0.15, -0.1) is 0 Å². The number of amidine groups is 1. The van der Waals surface area contributed by atoms with E-state index in [-0.39, 0.29) is 42.2 Å². The zero-order valence-electron chi connectivity index (χ0n) is 25.7. The van der Waals surface area contributed by atoms with Crippen LogP contribution in [0, 0.1) is 5.41 Å². The van der Waals surface area contributed by atoms with E-state index in [1.54, 1.807) is 40.8 Å². The van der Waals surface area contributed by atoms with Crippen molar-refractivity contribution < 1.29 is 19.2 Å². The first-order valence-electron chi connectivity index (χ1n) is 15.5. The van der Waals surface area contributed by atoms with Crippen LogP contribution >= 0.6 is 0 Å². The number of para-hydroxylation sites is 2. The van der Waals surface area contributed by atoms with Gasteiger partial charge in [-0.05, 0) is 55.0 Å². The monoisotopic (exact) mass is 619 g/mol. The third-order valence-corrected chi connectivity index (χ3v) is 8.95. The maximum absolute atomic E-state index is 14.0. The number of imidazole rings is 1. The number of Topliss-reactive ketones (excluding diaryl/α,β-unsaturated/α-hetero) is 1. The molecule has 3 amide bonds. The minimum atomic E-state index is -1.02. The topological polar surface area (TPSA) is 154 Å². The van der Waals surface area contributed by atoms with E-state index in [2.05, 4.69) is 10.3 Å². The summed E-state index contributed by atoms with van der Waals surface area (Å²) in [5, 5.41) is 10.7. The van der Waals surface area contributed by atoms with Gasteiger partial charge in [-0.3, -0.25) is 24.6 Å². The van der Waals surface area contributed by atoms with Crippen LogP contribution in [-0.4, -0.2) is 79.9 Å². The minimum Gasteiger partial charge on any atom is -0.384 e. The standard InChI is InChI=1S/C35H37N7O4/c1-40-27-15-6-5-14-25(27)38-33(40)31(44)26(20-23-11-7-13-24(19-23)32(36)37)39-34(45)28-16-17-29-35(46)41(21-30(43)42(28)29)18-8-12-22-9-3-2-4-10-22/h2-7,9-11,13-15,19,26,28-29H,8,12,16-18,20-21H2,1H3,(H3,36,37)(H,39,45)/t26-,28-,29-/m0/s1. The average Bonchev–Trinajstić information content (AvgIpc) is 3.66. The molecule has 6 rings (SSSR count). The van der Waals surface area contributed by atoms with Crippen molar-refractivity contribution >= 4 is 40.4 Å². The van der Waals surface area contributed by atoms with Gasteiger partial charge in [0.15, 0.2) is 5.82 Å². The number of piperazine rings is 1. The molecular formula is C35H37N7O4. The number of amides is 3. The number of carbonyl (C=O) groups is 4. The normalized spacial score (nSPS) is 18.5. The Morgan fingerprint density at radius 2 is 1.74 bits per heavy atom. The van der Waals surface area contributed by atoms with Crippen LogP contribution in [0.3, 0.4) is 0 Å². The number of nitrogens with one attached hydrogen (secondary N) is 2. The number of aryl methyl sites for hydroxylation is 2. The van der Waals surface area contributed by atoms with Crippen molar-refractivity contribution in [3.05, 3.63) is 101 Å². The lowest BCUT2D eigenvalue weighted by Gasteiger charge is -2.38. The summed E-state index contributed by atoms with van der Waals surface area (Å²) in [6.45, 7) is 0.391. The highest BCUT2D eigenvalue weighted by molar-refractivity contribution is 6.04. The largest absolute Gasteiger partial charge is 0.384 e. The highest BCUT2D eigenvalue weighted by Gasteiger charge is 2.49. The highest BCUT2D eigenvalue weighted by Crippen LogP contribution is 2.30. The maximum Gasteiger partial charge on any atom is 0.245 e. The fraction of sp³-hybridized carbons (Fsp3) is 0.314. The van der Waals surface area contributed by atoms with Crippen molar-refractivity contribution in [1.29, 1.82) is 5.41 Å². The van der Waals surface area contributed by atoms with Crippen LogP contribution < -0.4 is 11.1 Å². The smallest absolute Gasteiger partial charge is 0.245 e. The van der Waals surface area contributed by atoms with Gasteiger partial charge in [0.2, 0.25) is 23.5 Å². The van der Waals surface area contributed by atoms with Crippen molar-refractivity contribution in [1.82, 2.24) is 24.7 Å². The fourth-order valence-corrected chi connectivity index (χ4v) is 6.60. The van der Waals surface area contributed by atoms with Crippen LogP contribution in [-0.2, 0) is 34.3 Å². The first-order chi connectivity index (χ1) is 22.2. The number of hydrogen-bond donors (Lipinski definition) is 3. The molecule has 4 N–H and O–H groups in total. The van der Waals surface area contributed by atoms with E-state index in [9.17, 15) is 19.2 Å². The summed E-state index contributed by atoms with van der Waals surface area (Å²) in [6, 6.07) is 21.8. The number of nitrogens with zero attached hydrogens (tertiary/aromatic N) is 4. The predicted octanol–water partition coefficient (Wildman–Crippen LogP) is 2.60. The number of rotatable bonds is 11. The molecule has 11 nitrogen and oxygen atoms in total. The van der Waals surface area contributed by atoms with E-state index < -0.39 is 24.0 Å². The van der Waals surface area contributed by atoms with Crippen LogP contribution in [0.5, 0.6) is 0 Å². The van der Waals surface area contributed by atoms with E-state index in [0.29, 0.717) is 36.0 Å². The second-order valence-corrected chi connectivity index (χ2v) is 12.0. The molecular weight excluding hydrogens is 582 g/mol. The molecule has 2 fully saturated rings. The Labute approximate surface area is 266 Å².